The second-order valence-corrected chi connectivity index (χ2v) is 4.17. The van der Waals surface area contributed by atoms with E-state index < -0.39 is 0 Å². The summed E-state index contributed by atoms with van der Waals surface area (Å²) in [6.07, 6.45) is 3.83. The SMILES string of the molecule is Cc1ccc(CNC(=O)C2CCCN2)cn1. The summed E-state index contributed by atoms with van der Waals surface area (Å²) in [4.78, 5) is 15.9. The number of carbonyl (C=O) groups is 1. The minimum Gasteiger partial charge on any atom is -0.351 e. The number of aryl methyl sites for hydroxylation is 1. The van der Waals surface area contributed by atoms with Crippen molar-refractivity contribution in [2.24, 2.45) is 0 Å². The molecule has 16 heavy (non-hydrogen) atoms. The minimum atomic E-state index is -0.00147. The van der Waals surface area contributed by atoms with Crippen molar-refractivity contribution in [3.63, 3.8) is 0 Å². The van der Waals surface area contributed by atoms with Gasteiger partial charge < -0.3 is 10.6 Å². The van der Waals surface area contributed by atoms with Gasteiger partial charge in [-0.2, -0.15) is 0 Å². The lowest BCUT2D eigenvalue weighted by atomic mass is 10.2. The zero-order valence-corrected chi connectivity index (χ0v) is 9.49. The Morgan fingerprint density at radius 3 is 3.12 bits per heavy atom. The number of hydrogen-bond acceptors (Lipinski definition) is 3. The molecular weight excluding hydrogens is 202 g/mol. The predicted octanol–water partition coefficient (Wildman–Crippen LogP) is 0.758. The smallest absolute Gasteiger partial charge is 0.237 e. The highest BCUT2D eigenvalue weighted by atomic mass is 16.2. The fraction of sp³-hybridized carbons (Fsp3) is 0.500. The number of aromatic nitrogens is 1. The normalized spacial score (nSPS) is 19.7. The molecule has 1 aliphatic heterocycles. The second kappa shape index (κ2) is 5.07. The number of rotatable bonds is 3. The average molecular weight is 219 g/mol. The minimum absolute atomic E-state index is 0.00147. The topological polar surface area (TPSA) is 54.0 Å². The molecule has 0 saturated carbocycles. The first kappa shape index (κ1) is 11.1. The van der Waals surface area contributed by atoms with E-state index in [0.717, 1.165) is 30.6 Å². The van der Waals surface area contributed by atoms with E-state index in [9.17, 15) is 4.79 Å². The summed E-state index contributed by atoms with van der Waals surface area (Å²) in [6, 6.07) is 3.94. The van der Waals surface area contributed by atoms with Gasteiger partial charge in [-0.25, -0.2) is 0 Å². The summed E-state index contributed by atoms with van der Waals surface area (Å²) in [5.74, 6) is 0.0954. The molecule has 1 atom stereocenters. The van der Waals surface area contributed by atoms with Crippen molar-refractivity contribution in [2.75, 3.05) is 6.54 Å². The van der Waals surface area contributed by atoms with Crippen molar-refractivity contribution in [2.45, 2.75) is 32.4 Å². The van der Waals surface area contributed by atoms with E-state index >= 15 is 0 Å². The van der Waals surface area contributed by atoms with Gasteiger partial charge in [-0.3, -0.25) is 9.78 Å². The van der Waals surface area contributed by atoms with E-state index in [2.05, 4.69) is 15.6 Å². The standard InChI is InChI=1S/C12H17N3O/c1-9-4-5-10(7-14-9)8-15-12(16)11-3-2-6-13-11/h4-5,7,11,13H,2-3,6,8H2,1H3,(H,15,16). The van der Waals surface area contributed by atoms with E-state index in [1.807, 2.05) is 19.1 Å². The van der Waals surface area contributed by atoms with Crippen molar-refractivity contribution in [3.05, 3.63) is 29.6 Å². The van der Waals surface area contributed by atoms with Crippen LogP contribution in [0.1, 0.15) is 24.1 Å². The largest absolute Gasteiger partial charge is 0.351 e. The average Bonchev–Trinajstić information content (AvgIpc) is 2.81. The molecule has 86 valence electrons. The molecule has 4 nitrogen and oxygen atoms in total. The first-order chi connectivity index (χ1) is 7.75. The highest BCUT2D eigenvalue weighted by Gasteiger charge is 2.21. The molecule has 0 bridgehead atoms. The number of nitrogens with zero attached hydrogens (tertiary/aromatic N) is 1. The molecule has 1 amide bonds. The van der Waals surface area contributed by atoms with Crippen LogP contribution >= 0.6 is 0 Å². The van der Waals surface area contributed by atoms with Crippen molar-refractivity contribution in [1.29, 1.82) is 0 Å². The van der Waals surface area contributed by atoms with Crippen molar-refractivity contribution >= 4 is 5.91 Å². The molecule has 0 spiro atoms. The maximum Gasteiger partial charge on any atom is 0.237 e. The third-order valence-corrected chi connectivity index (χ3v) is 2.82. The van der Waals surface area contributed by atoms with Crippen LogP contribution in [0.15, 0.2) is 18.3 Å². The van der Waals surface area contributed by atoms with Gasteiger partial charge in [0.1, 0.15) is 0 Å². The Bertz CT molecular complexity index is 355. The summed E-state index contributed by atoms with van der Waals surface area (Å²) < 4.78 is 0. The molecule has 1 unspecified atom stereocenters. The number of hydrogen-bond donors (Lipinski definition) is 2. The van der Waals surface area contributed by atoms with Gasteiger partial charge in [0.25, 0.3) is 0 Å². The highest BCUT2D eigenvalue weighted by molar-refractivity contribution is 5.81. The molecule has 1 aromatic heterocycles. The van der Waals surface area contributed by atoms with Gasteiger partial charge in [-0.1, -0.05) is 6.07 Å². The second-order valence-electron chi connectivity index (χ2n) is 4.17. The number of amides is 1. The molecule has 4 heteroatoms. The van der Waals surface area contributed by atoms with E-state index in [0.29, 0.717) is 6.54 Å². The summed E-state index contributed by atoms with van der Waals surface area (Å²) in [6.45, 7) is 3.46. The fourth-order valence-electron chi connectivity index (χ4n) is 1.82. The lowest BCUT2D eigenvalue weighted by Gasteiger charge is -2.10. The molecule has 2 rings (SSSR count). The maximum absolute atomic E-state index is 11.7. The van der Waals surface area contributed by atoms with Crippen molar-refractivity contribution in [1.82, 2.24) is 15.6 Å². The molecule has 1 aliphatic rings. The fourth-order valence-corrected chi connectivity index (χ4v) is 1.82. The van der Waals surface area contributed by atoms with Gasteiger partial charge in [-0.15, -0.1) is 0 Å². The summed E-state index contributed by atoms with van der Waals surface area (Å²) >= 11 is 0. The molecule has 0 aliphatic carbocycles. The van der Waals surface area contributed by atoms with Crippen LogP contribution in [0.2, 0.25) is 0 Å². The van der Waals surface area contributed by atoms with E-state index in [4.69, 9.17) is 0 Å². The van der Waals surface area contributed by atoms with Crippen LogP contribution in [-0.4, -0.2) is 23.5 Å². The van der Waals surface area contributed by atoms with Crippen LogP contribution in [0.4, 0.5) is 0 Å². The quantitative estimate of drug-likeness (QED) is 0.789. The van der Waals surface area contributed by atoms with Crippen LogP contribution in [0.5, 0.6) is 0 Å². The van der Waals surface area contributed by atoms with E-state index in [1.165, 1.54) is 0 Å². The Balaban J connectivity index is 1.82. The third-order valence-electron chi connectivity index (χ3n) is 2.82. The Morgan fingerprint density at radius 2 is 2.50 bits per heavy atom. The lowest BCUT2D eigenvalue weighted by molar-refractivity contribution is -0.122. The molecule has 0 radical (unpaired) electrons. The Morgan fingerprint density at radius 1 is 1.62 bits per heavy atom. The van der Waals surface area contributed by atoms with E-state index in [-0.39, 0.29) is 11.9 Å². The van der Waals surface area contributed by atoms with Crippen LogP contribution in [-0.2, 0) is 11.3 Å². The van der Waals surface area contributed by atoms with Gasteiger partial charge >= 0.3 is 0 Å². The molecular formula is C12H17N3O. The van der Waals surface area contributed by atoms with Crippen LogP contribution in [0.3, 0.4) is 0 Å². The Kier molecular flexibility index (Phi) is 3.51. The third kappa shape index (κ3) is 2.79. The summed E-state index contributed by atoms with van der Waals surface area (Å²) in [5.41, 5.74) is 2.03. The monoisotopic (exact) mass is 219 g/mol. The van der Waals surface area contributed by atoms with Crippen molar-refractivity contribution < 1.29 is 4.79 Å². The lowest BCUT2D eigenvalue weighted by Crippen LogP contribution is -2.40. The molecule has 2 heterocycles. The summed E-state index contributed by atoms with van der Waals surface area (Å²) in [5, 5.41) is 6.09. The molecule has 2 N–H and O–H groups in total. The summed E-state index contributed by atoms with van der Waals surface area (Å²) in [7, 11) is 0. The Labute approximate surface area is 95.5 Å². The zero-order valence-electron chi connectivity index (χ0n) is 9.49. The first-order valence-electron chi connectivity index (χ1n) is 5.68. The zero-order chi connectivity index (χ0) is 11.4. The molecule has 1 fully saturated rings. The van der Waals surface area contributed by atoms with Crippen LogP contribution < -0.4 is 10.6 Å². The van der Waals surface area contributed by atoms with Crippen molar-refractivity contribution in [3.8, 4) is 0 Å². The van der Waals surface area contributed by atoms with Gasteiger partial charge in [-0.05, 0) is 37.9 Å². The first-order valence-corrected chi connectivity index (χ1v) is 5.68. The predicted molar refractivity (Wildman–Crippen MR) is 61.8 cm³/mol. The van der Waals surface area contributed by atoms with Crippen LogP contribution in [0, 0.1) is 6.92 Å². The number of nitrogens with one attached hydrogen (secondary N) is 2. The van der Waals surface area contributed by atoms with Gasteiger partial charge in [0.05, 0.1) is 6.04 Å². The number of carbonyl (C=O) groups excluding carboxylic acids is 1. The number of pyridine rings is 1. The molecule has 1 aromatic rings. The van der Waals surface area contributed by atoms with Crippen LogP contribution in [0.25, 0.3) is 0 Å². The Hall–Kier alpha value is -1.42. The molecule has 0 aromatic carbocycles. The van der Waals surface area contributed by atoms with Gasteiger partial charge in [0, 0.05) is 18.4 Å². The molecule has 1 saturated heterocycles. The maximum atomic E-state index is 11.7. The van der Waals surface area contributed by atoms with E-state index in [1.54, 1.807) is 6.20 Å². The highest BCUT2D eigenvalue weighted by Crippen LogP contribution is 2.05. The van der Waals surface area contributed by atoms with Gasteiger partial charge in [0.2, 0.25) is 5.91 Å². The van der Waals surface area contributed by atoms with Gasteiger partial charge in [0.15, 0.2) is 0 Å².